The van der Waals surface area contributed by atoms with E-state index >= 15 is 0 Å². The molecule has 0 aromatic heterocycles. The standard InChI is InChI=1S/C12H17NO5S2/c1-9(19(2)16)6-7-13-20(17,18)11-5-3-4-10(8-11)12(14)15/h3-5,8-9,13H,6-7H2,1-2H3,(H,14,15). The van der Waals surface area contributed by atoms with Gasteiger partial charge >= 0.3 is 5.97 Å². The topological polar surface area (TPSA) is 101 Å². The van der Waals surface area contributed by atoms with Crippen LogP contribution in [0.5, 0.6) is 0 Å². The number of sulfonamides is 1. The van der Waals surface area contributed by atoms with Gasteiger partial charge in [0.1, 0.15) is 0 Å². The van der Waals surface area contributed by atoms with Crippen LogP contribution in [0.15, 0.2) is 29.2 Å². The predicted octanol–water partition coefficient (Wildman–Crippen LogP) is 0.820. The maximum absolute atomic E-state index is 12.0. The molecule has 0 radical (unpaired) electrons. The molecule has 0 aliphatic rings. The highest BCUT2D eigenvalue weighted by molar-refractivity contribution is 7.89. The third kappa shape index (κ3) is 4.69. The smallest absolute Gasteiger partial charge is 0.335 e. The normalized spacial score (nSPS) is 14.7. The summed E-state index contributed by atoms with van der Waals surface area (Å²) in [6.07, 6.45) is 2.01. The van der Waals surface area contributed by atoms with E-state index in [1.54, 1.807) is 13.2 Å². The molecule has 2 unspecified atom stereocenters. The lowest BCUT2D eigenvalue weighted by Crippen LogP contribution is -2.27. The quantitative estimate of drug-likeness (QED) is 0.775. The first kappa shape index (κ1) is 16.8. The zero-order chi connectivity index (χ0) is 15.3. The third-order valence-electron chi connectivity index (χ3n) is 2.80. The summed E-state index contributed by atoms with van der Waals surface area (Å²) in [6, 6.07) is 5.13. The molecule has 0 saturated carbocycles. The van der Waals surface area contributed by atoms with Crippen molar-refractivity contribution in [2.75, 3.05) is 12.8 Å². The van der Waals surface area contributed by atoms with Crippen molar-refractivity contribution < 1.29 is 22.5 Å². The van der Waals surface area contributed by atoms with Gasteiger partial charge in [-0.1, -0.05) is 13.0 Å². The summed E-state index contributed by atoms with van der Waals surface area (Å²) in [4.78, 5) is 10.7. The third-order valence-corrected chi connectivity index (χ3v) is 5.63. The maximum Gasteiger partial charge on any atom is 0.335 e. The SMILES string of the molecule is CC(CCNS(=O)(=O)c1cccc(C(=O)O)c1)S(C)=O. The van der Waals surface area contributed by atoms with Gasteiger partial charge in [0.05, 0.1) is 10.5 Å². The molecular formula is C12H17NO5S2. The monoisotopic (exact) mass is 319 g/mol. The molecule has 6 nitrogen and oxygen atoms in total. The van der Waals surface area contributed by atoms with Gasteiger partial charge in [-0.05, 0) is 24.6 Å². The van der Waals surface area contributed by atoms with Crippen LogP contribution in [0.4, 0.5) is 0 Å². The summed E-state index contributed by atoms with van der Waals surface area (Å²) < 4.78 is 37.5. The summed E-state index contributed by atoms with van der Waals surface area (Å²) in [6.45, 7) is 1.93. The van der Waals surface area contributed by atoms with Crippen LogP contribution in [-0.4, -0.2) is 41.8 Å². The highest BCUT2D eigenvalue weighted by atomic mass is 32.2. The molecule has 0 saturated heterocycles. The minimum absolute atomic E-state index is 0.0871. The molecule has 0 amide bonds. The lowest BCUT2D eigenvalue weighted by molar-refractivity contribution is 0.0696. The Morgan fingerprint density at radius 2 is 2.10 bits per heavy atom. The Morgan fingerprint density at radius 1 is 1.45 bits per heavy atom. The average molecular weight is 319 g/mol. The van der Waals surface area contributed by atoms with E-state index < -0.39 is 26.8 Å². The molecule has 0 fully saturated rings. The van der Waals surface area contributed by atoms with E-state index in [0.717, 1.165) is 6.07 Å². The Kier molecular flexibility index (Phi) is 5.85. The number of aromatic carboxylic acids is 1. The Morgan fingerprint density at radius 3 is 2.65 bits per heavy atom. The summed E-state index contributed by atoms with van der Waals surface area (Å²) in [5.41, 5.74) is -0.0871. The van der Waals surface area contributed by atoms with Gasteiger partial charge in [0.25, 0.3) is 0 Å². The van der Waals surface area contributed by atoms with E-state index in [0.29, 0.717) is 6.42 Å². The maximum atomic E-state index is 12.0. The molecule has 8 heteroatoms. The largest absolute Gasteiger partial charge is 0.478 e. The van der Waals surface area contributed by atoms with E-state index in [-0.39, 0.29) is 22.3 Å². The van der Waals surface area contributed by atoms with Crippen molar-refractivity contribution in [1.82, 2.24) is 4.72 Å². The Balaban J connectivity index is 2.76. The van der Waals surface area contributed by atoms with Gasteiger partial charge in [0, 0.05) is 28.9 Å². The summed E-state index contributed by atoms with van der Waals surface area (Å²) in [7, 11) is -4.76. The number of carboxylic acid groups (broad SMARTS) is 1. The van der Waals surface area contributed by atoms with Gasteiger partial charge in [-0.25, -0.2) is 17.9 Å². The number of hydrogen-bond donors (Lipinski definition) is 2. The highest BCUT2D eigenvalue weighted by Gasteiger charge is 2.16. The van der Waals surface area contributed by atoms with Crippen molar-refractivity contribution in [2.45, 2.75) is 23.5 Å². The summed E-state index contributed by atoms with van der Waals surface area (Å²) in [5, 5.41) is 8.73. The molecule has 112 valence electrons. The Labute approximate surface area is 120 Å². The lowest BCUT2D eigenvalue weighted by atomic mass is 10.2. The number of carbonyl (C=O) groups is 1. The second kappa shape index (κ2) is 6.96. The first-order valence-electron chi connectivity index (χ1n) is 5.89. The van der Waals surface area contributed by atoms with Crippen molar-refractivity contribution in [1.29, 1.82) is 0 Å². The van der Waals surface area contributed by atoms with Crippen LogP contribution in [0.25, 0.3) is 0 Å². The number of carboxylic acids is 1. The van der Waals surface area contributed by atoms with Crippen molar-refractivity contribution >= 4 is 26.8 Å². The molecule has 1 aromatic rings. The van der Waals surface area contributed by atoms with Gasteiger partial charge in [-0.15, -0.1) is 0 Å². The van der Waals surface area contributed by atoms with Crippen molar-refractivity contribution in [3.8, 4) is 0 Å². The van der Waals surface area contributed by atoms with Crippen LogP contribution in [0.1, 0.15) is 23.7 Å². The first-order valence-corrected chi connectivity index (χ1v) is 8.99. The molecule has 1 rings (SSSR count). The fraction of sp³-hybridized carbons (Fsp3) is 0.417. The zero-order valence-electron chi connectivity index (χ0n) is 11.2. The van der Waals surface area contributed by atoms with Crippen LogP contribution in [0.3, 0.4) is 0 Å². The zero-order valence-corrected chi connectivity index (χ0v) is 12.8. The molecule has 1 aromatic carbocycles. The molecule has 20 heavy (non-hydrogen) atoms. The molecule has 2 atom stereocenters. The van der Waals surface area contributed by atoms with Gasteiger partial charge in [0.15, 0.2) is 0 Å². The Hall–Kier alpha value is -1.25. The van der Waals surface area contributed by atoms with E-state index in [1.165, 1.54) is 18.2 Å². The number of hydrogen-bond acceptors (Lipinski definition) is 4. The van der Waals surface area contributed by atoms with Crippen LogP contribution in [0, 0.1) is 0 Å². The van der Waals surface area contributed by atoms with E-state index in [9.17, 15) is 17.4 Å². The van der Waals surface area contributed by atoms with Crippen molar-refractivity contribution in [3.05, 3.63) is 29.8 Å². The molecule has 0 aliphatic heterocycles. The first-order chi connectivity index (χ1) is 9.24. The fourth-order valence-electron chi connectivity index (χ4n) is 1.44. The van der Waals surface area contributed by atoms with Gasteiger partial charge in [0.2, 0.25) is 10.0 Å². The average Bonchev–Trinajstić information content (AvgIpc) is 2.38. The van der Waals surface area contributed by atoms with E-state index in [2.05, 4.69) is 4.72 Å². The molecule has 0 heterocycles. The van der Waals surface area contributed by atoms with E-state index in [4.69, 9.17) is 5.11 Å². The number of nitrogens with one attached hydrogen (secondary N) is 1. The van der Waals surface area contributed by atoms with Crippen LogP contribution in [0.2, 0.25) is 0 Å². The summed E-state index contributed by atoms with van der Waals surface area (Å²) in [5.74, 6) is -1.18. The van der Waals surface area contributed by atoms with Crippen LogP contribution < -0.4 is 4.72 Å². The number of rotatable bonds is 7. The number of benzene rings is 1. The minimum atomic E-state index is -3.75. The lowest BCUT2D eigenvalue weighted by Gasteiger charge is -2.10. The molecule has 0 aliphatic carbocycles. The predicted molar refractivity (Wildman–Crippen MR) is 76.7 cm³/mol. The van der Waals surface area contributed by atoms with Crippen LogP contribution in [-0.2, 0) is 20.8 Å². The van der Waals surface area contributed by atoms with Crippen molar-refractivity contribution in [2.24, 2.45) is 0 Å². The molecule has 2 N–H and O–H groups in total. The van der Waals surface area contributed by atoms with Gasteiger partial charge in [-0.2, -0.15) is 0 Å². The molecule has 0 bridgehead atoms. The second-order valence-electron chi connectivity index (χ2n) is 4.33. The van der Waals surface area contributed by atoms with Gasteiger partial charge < -0.3 is 5.11 Å². The van der Waals surface area contributed by atoms with E-state index in [1.807, 2.05) is 0 Å². The highest BCUT2D eigenvalue weighted by Crippen LogP contribution is 2.11. The fourth-order valence-corrected chi connectivity index (χ4v) is 2.98. The van der Waals surface area contributed by atoms with Gasteiger partial charge in [-0.3, -0.25) is 4.21 Å². The molecular weight excluding hydrogens is 302 g/mol. The summed E-state index contributed by atoms with van der Waals surface area (Å²) >= 11 is 0. The Bertz CT molecular complexity index is 612. The van der Waals surface area contributed by atoms with Crippen LogP contribution >= 0.6 is 0 Å². The van der Waals surface area contributed by atoms with Crippen molar-refractivity contribution in [3.63, 3.8) is 0 Å². The minimum Gasteiger partial charge on any atom is -0.478 e. The second-order valence-corrected chi connectivity index (χ2v) is 7.90. The molecule has 0 spiro atoms.